The number of carbonyl (C=O) groups is 1. The van der Waals surface area contributed by atoms with E-state index >= 15 is 0 Å². The van der Waals surface area contributed by atoms with Crippen molar-refractivity contribution in [3.05, 3.63) is 47.9 Å². The van der Waals surface area contributed by atoms with E-state index in [0.717, 1.165) is 16.4 Å². The molecule has 0 bridgehead atoms. The second kappa shape index (κ2) is 7.19. The Morgan fingerprint density at radius 3 is 2.62 bits per heavy atom. The number of morpholine rings is 1. The van der Waals surface area contributed by atoms with E-state index in [1.165, 1.54) is 0 Å². The largest absolute Gasteiger partial charge is 0.464 e. The molecule has 1 aromatic carbocycles. The number of hydrogen-bond acceptors (Lipinski definition) is 4. The number of rotatable bonds is 3. The summed E-state index contributed by atoms with van der Waals surface area (Å²) in [5.74, 6) is 1.53. The highest BCUT2D eigenvalue weighted by Crippen LogP contribution is 2.26. The van der Waals surface area contributed by atoms with Gasteiger partial charge in [-0.05, 0) is 43.3 Å². The molecule has 0 aliphatic carbocycles. The van der Waals surface area contributed by atoms with Crippen molar-refractivity contribution in [1.82, 2.24) is 4.90 Å². The summed E-state index contributed by atoms with van der Waals surface area (Å²) in [6.07, 6.45) is 1.62. The number of urea groups is 1. The summed E-state index contributed by atoms with van der Waals surface area (Å²) in [5, 5.41) is 2.88. The van der Waals surface area contributed by atoms with Gasteiger partial charge >= 0.3 is 6.03 Å². The molecule has 0 spiro atoms. The van der Waals surface area contributed by atoms with Crippen molar-refractivity contribution < 1.29 is 18.2 Å². The maximum atomic E-state index is 12.6. The Bertz CT molecular complexity index is 741. The van der Waals surface area contributed by atoms with Gasteiger partial charge in [0, 0.05) is 34.2 Å². The highest BCUT2D eigenvalue weighted by molar-refractivity contribution is 7.84. The molecule has 3 rings (SSSR count). The summed E-state index contributed by atoms with van der Waals surface area (Å²) in [4.78, 5) is 15.1. The van der Waals surface area contributed by atoms with Gasteiger partial charge in [-0.3, -0.25) is 4.21 Å². The SMILES string of the molecule is Cc1ccc([C@@H]2COCCN2C(=O)Nc2ccc([S@@](C)=O)cc2)o1. The molecule has 1 aliphatic heterocycles. The Balaban J connectivity index is 1.73. The zero-order chi connectivity index (χ0) is 17.1. The van der Waals surface area contributed by atoms with Crippen LogP contribution in [0.4, 0.5) is 10.5 Å². The van der Waals surface area contributed by atoms with E-state index in [1.807, 2.05) is 19.1 Å². The van der Waals surface area contributed by atoms with E-state index in [2.05, 4.69) is 5.32 Å². The van der Waals surface area contributed by atoms with Crippen LogP contribution in [0.15, 0.2) is 45.7 Å². The quantitative estimate of drug-likeness (QED) is 0.926. The summed E-state index contributed by atoms with van der Waals surface area (Å²) in [7, 11) is -1.03. The van der Waals surface area contributed by atoms with Crippen LogP contribution in [0.1, 0.15) is 17.6 Å². The average molecular weight is 348 g/mol. The number of benzene rings is 1. The predicted octanol–water partition coefficient (Wildman–Crippen LogP) is 2.93. The van der Waals surface area contributed by atoms with Crippen molar-refractivity contribution in [3.8, 4) is 0 Å². The van der Waals surface area contributed by atoms with Crippen molar-refractivity contribution in [1.29, 1.82) is 0 Å². The van der Waals surface area contributed by atoms with E-state index in [9.17, 15) is 9.00 Å². The lowest BCUT2D eigenvalue weighted by Crippen LogP contribution is -2.45. The fraction of sp³-hybridized carbons (Fsp3) is 0.353. The first-order chi connectivity index (χ1) is 11.5. The van der Waals surface area contributed by atoms with Crippen LogP contribution in [0.5, 0.6) is 0 Å². The second-order valence-corrected chi connectivity index (χ2v) is 7.02. The van der Waals surface area contributed by atoms with Crippen molar-refractivity contribution >= 4 is 22.5 Å². The maximum Gasteiger partial charge on any atom is 0.322 e. The Labute approximate surface area is 143 Å². The molecule has 1 fully saturated rings. The molecule has 1 aromatic heterocycles. The first-order valence-corrected chi connectivity index (χ1v) is 9.25. The van der Waals surface area contributed by atoms with Crippen LogP contribution in [-0.4, -0.2) is 41.2 Å². The number of ether oxygens (including phenoxy) is 1. The average Bonchev–Trinajstić information content (AvgIpc) is 3.01. The third-order valence-electron chi connectivity index (χ3n) is 3.92. The normalized spacial score (nSPS) is 19.1. The smallest absolute Gasteiger partial charge is 0.322 e. The summed E-state index contributed by atoms with van der Waals surface area (Å²) in [5.41, 5.74) is 0.662. The van der Waals surface area contributed by atoms with Crippen LogP contribution < -0.4 is 5.32 Å². The molecule has 2 heterocycles. The van der Waals surface area contributed by atoms with Crippen molar-refractivity contribution in [2.24, 2.45) is 0 Å². The number of nitrogens with one attached hydrogen (secondary N) is 1. The number of carbonyl (C=O) groups excluding carboxylic acids is 1. The zero-order valence-corrected chi connectivity index (χ0v) is 14.5. The van der Waals surface area contributed by atoms with Gasteiger partial charge in [0.15, 0.2) is 0 Å². The van der Waals surface area contributed by atoms with Gasteiger partial charge in [0.05, 0.1) is 13.2 Å². The summed E-state index contributed by atoms with van der Waals surface area (Å²) >= 11 is 0. The van der Waals surface area contributed by atoms with E-state index in [-0.39, 0.29) is 12.1 Å². The number of amides is 2. The number of hydrogen-bond donors (Lipinski definition) is 1. The molecule has 6 nitrogen and oxygen atoms in total. The summed E-state index contributed by atoms with van der Waals surface area (Å²) in [6.45, 7) is 3.27. The molecular formula is C17H20N2O4S. The fourth-order valence-corrected chi connectivity index (χ4v) is 3.16. The summed E-state index contributed by atoms with van der Waals surface area (Å²) in [6, 6.07) is 10.3. The highest BCUT2D eigenvalue weighted by Gasteiger charge is 2.30. The van der Waals surface area contributed by atoms with E-state index in [0.29, 0.717) is 25.4 Å². The van der Waals surface area contributed by atoms with Gasteiger partial charge in [0.25, 0.3) is 0 Å². The molecule has 1 N–H and O–H groups in total. The molecule has 1 aliphatic rings. The highest BCUT2D eigenvalue weighted by atomic mass is 32.2. The Hall–Kier alpha value is -2.12. The molecule has 1 saturated heterocycles. The van der Waals surface area contributed by atoms with E-state index in [1.54, 1.807) is 35.4 Å². The lowest BCUT2D eigenvalue weighted by atomic mass is 10.2. The van der Waals surface area contributed by atoms with Crippen LogP contribution in [-0.2, 0) is 15.5 Å². The first-order valence-electron chi connectivity index (χ1n) is 7.70. The monoisotopic (exact) mass is 348 g/mol. The third-order valence-corrected chi connectivity index (χ3v) is 4.85. The second-order valence-electron chi connectivity index (χ2n) is 5.64. The minimum absolute atomic E-state index is 0.206. The molecule has 2 aromatic rings. The molecule has 0 saturated carbocycles. The van der Waals surface area contributed by atoms with Gasteiger partial charge in [0.2, 0.25) is 0 Å². The molecule has 2 atom stereocenters. The molecule has 2 amide bonds. The van der Waals surface area contributed by atoms with Crippen LogP contribution in [0.3, 0.4) is 0 Å². The minimum Gasteiger partial charge on any atom is -0.464 e. The van der Waals surface area contributed by atoms with Crippen LogP contribution in [0.25, 0.3) is 0 Å². The molecule has 0 radical (unpaired) electrons. The molecule has 0 unspecified atom stereocenters. The van der Waals surface area contributed by atoms with Gasteiger partial charge in [-0.25, -0.2) is 4.79 Å². The number of furan rings is 1. The van der Waals surface area contributed by atoms with Gasteiger partial charge in [-0.1, -0.05) is 0 Å². The number of anilines is 1. The topological polar surface area (TPSA) is 71.8 Å². The van der Waals surface area contributed by atoms with E-state index < -0.39 is 10.8 Å². The molecule has 24 heavy (non-hydrogen) atoms. The van der Waals surface area contributed by atoms with Crippen molar-refractivity contribution in [2.75, 3.05) is 31.3 Å². The van der Waals surface area contributed by atoms with Crippen LogP contribution in [0.2, 0.25) is 0 Å². The van der Waals surface area contributed by atoms with Crippen molar-refractivity contribution in [2.45, 2.75) is 17.9 Å². The van der Waals surface area contributed by atoms with E-state index in [4.69, 9.17) is 9.15 Å². The molecular weight excluding hydrogens is 328 g/mol. The van der Waals surface area contributed by atoms with Gasteiger partial charge in [0.1, 0.15) is 17.6 Å². The zero-order valence-electron chi connectivity index (χ0n) is 13.7. The number of nitrogens with zero attached hydrogens (tertiary/aromatic N) is 1. The maximum absolute atomic E-state index is 12.6. The standard InChI is InChI=1S/C17H20N2O4S/c1-12-3-8-16(23-12)15-11-22-10-9-19(15)17(20)18-13-4-6-14(7-5-13)24(2)21/h3-8,15H,9-11H2,1-2H3,(H,18,20)/t15-,24+/m0/s1. The Kier molecular flexibility index (Phi) is 5.01. The summed E-state index contributed by atoms with van der Waals surface area (Å²) < 4.78 is 22.6. The van der Waals surface area contributed by atoms with Crippen LogP contribution >= 0.6 is 0 Å². The fourth-order valence-electron chi connectivity index (χ4n) is 2.64. The van der Waals surface area contributed by atoms with Crippen LogP contribution in [0, 0.1) is 6.92 Å². The third kappa shape index (κ3) is 3.68. The number of aryl methyl sites for hydroxylation is 1. The predicted molar refractivity (Wildman–Crippen MR) is 91.5 cm³/mol. The first kappa shape index (κ1) is 16.7. The molecule has 7 heteroatoms. The lowest BCUT2D eigenvalue weighted by molar-refractivity contribution is 0.00710. The Morgan fingerprint density at radius 1 is 1.25 bits per heavy atom. The van der Waals surface area contributed by atoms with Gasteiger partial charge in [-0.15, -0.1) is 0 Å². The minimum atomic E-state index is -1.03. The van der Waals surface area contributed by atoms with Gasteiger partial charge in [-0.2, -0.15) is 0 Å². The Morgan fingerprint density at radius 2 is 2.00 bits per heavy atom. The van der Waals surface area contributed by atoms with Gasteiger partial charge < -0.3 is 19.4 Å². The molecule has 128 valence electrons. The lowest BCUT2D eigenvalue weighted by Gasteiger charge is -2.34. The van der Waals surface area contributed by atoms with Crippen molar-refractivity contribution in [3.63, 3.8) is 0 Å².